The number of carbonyl (C=O) groups is 1. The number of aliphatic hydroxyl groups excluding tert-OH is 1. The Morgan fingerprint density at radius 3 is 1.25 bits per heavy atom. The first kappa shape index (κ1) is 91.2. The van der Waals surface area contributed by atoms with E-state index in [1.807, 2.05) is 140 Å². The number of rotatable bonds is 18. The van der Waals surface area contributed by atoms with Gasteiger partial charge in [-0.1, -0.05) is 151 Å². The van der Waals surface area contributed by atoms with Gasteiger partial charge in [-0.05, 0) is 188 Å². The summed E-state index contributed by atoms with van der Waals surface area (Å²) in [5.74, 6) is -0.448. The molecule has 2 radical (unpaired) electrons. The molecule has 1 atom stereocenters. The summed E-state index contributed by atoms with van der Waals surface area (Å²) in [6.45, 7) is 1.31. The van der Waals surface area contributed by atoms with Crippen molar-refractivity contribution in [3.05, 3.63) is 211 Å². The average Bonchev–Trinajstić information content (AvgIpc) is 1.64. The summed E-state index contributed by atoms with van der Waals surface area (Å²) in [6, 6.07) is 47.4. The Morgan fingerprint density at radius 1 is 0.546 bits per heavy atom. The Morgan fingerprint density at radius 2 is 0.917 bits per heavy atom. The lowest BCUT2D eigenvalue weighted by Crippen LogP contribution is -2.33. The minimum atomic E-state index is -3.39. The summed E-state index contributed by atoms with van der Waals surface area (Å²) in [4.78, 5) is 41.2. The summed E-state index contributed by atoms with van der Waals surface area (Å²) in [5, 5.41) is 54.8. The van der Waals surface area contributed by atoms with Crippen molar-refractivity contribution in [2.24, 2.45) is 5.73 Å². The number of nitrogens with one attached hydrogen (secondary N) is 1. The van der Waals surface area contributed by atoms with E-state index in [2.05, 4.69) is 91.0 Å². The molecule has 108 heavy (non-hydrogen) atoms. The van der Waals surface area contributed by atoms with Crippen LogP contribution in [0, 0.1) is 39.4 Å². The highest BCUT2D eigenvalue weighted by Gasteiger charge is 2.45. The molecule has 6 saturated carbocycles. The van der Waals surface area contributed by atoms with Gasteiger partial charge in [-0.25, -0.2) is 0 Å². The number of aliphatic carboxylic acids is 1. The van der Waals surface area contributed by atoms with E-state index in [1.54, 1.807) is 24.8 Å². The number of alkyl halides is 2. The number of nitrogens with two attached hydrogens (primary N) is 1. The second kappa shape index (κ2) is 49.0. The van der Waals surface area contributed by atoms with E-state index in [-0.39, 0.29) is 64.5 Å². The molecule has 7 aromatic heterocycles. The van der Waals surface area contributed by atoms with Crippen LogP contribution in [0.4, 0.5) is 0 Å². The van der Waals surface area contributed by atoms with E-state index in [0.717, 1.165) is 186 Å². The second-order valence-electron chi connectivity index (χ2n) is 28.7. The number of carboxylic acid groups (broad SMARTS) is 1. The zero-order valence-electron chi connectivity index (χ0n) is 62.8. The van der Waals surface area contributed by atoms with Crippen molar-refractivity contribution in [3.8, 4) is 18.2 Å². The Bertz CT molecular complexity index is 3850. The van der Waals surface area contributed by atoms with E-state index in [9.17, 15) is 28.7 Å². The Labute approximate surface area is 666 Å². The van der Waals surface area contributed by atoms with Crippen molar-refractivity contribution in [2.45, 2.75) is 238 Å². The third-order valence-electron chi connectivity index (χ3n) is 21.2. The van der Waals surface area contributed by atoms with Gasteiger partial charge in [0.2, 0.25) is 0 Å². The minimum absolute atomic E-state index is 0. The predicted octanol–water partition coefficient (Wildman–Crippen LogP) is 17.6. The molecule has 578 valence electrons. The van der Waals surface area contributed by atoms with Crippen LogP contribution in [-0.4, -0.2) is 116 Å². The van der Waals surface area contributed by atoms with Crippen LogP contribution < -0.4 is 5.73 Å². The van der Waals surface area contributed by atoms with Crippen LogP contribution >= 0.6 is 44.3 Å². The van der Waals surface area contributed by atoms with Gasteiger partial charge in [0.05, 0.1) is 72.4 Å². The molecule has 24 heteroatoms. The maximum Gasteiger partial charge on any atom is 0.315 e. The lowest BCUT2D eigenvalue weighted by Gasteiger charge is -2.27. The first-order valence-corrected chi connectivity index (χ1v) is 42.0. The molecule has 0 spiro atoms. The summed E-state index contributed by atoms with van der Waals surface area (Å²) in [5.41, 5.74) is 11.2. The Hall–Kier alpha value is -7.40. The predicted molar refractivity (Wildman–Crippen MR) is 437 cm³/mol. The van der Waals surface area contributed by atoms with Crippen LogP contribution in [0.5, 0.6) is 0 Å². The van der Waals surface area contributed by atoms with E-state index < -0.39 is 21.5 Å². The fraction of sp³-hybridized carbons (Fsp3) is 0.524. The van der Waals surface area contributed by atoms with Crippen molar-refractivity contribution < 1.29 is 32.3 Å². The highest BCUT2D eigenvalue weighted by Crippen LogP contribution is 2.46. The number of nitrogens with zero attached hydrogens (tertiary/aromatic N) is 10. The minimum Gasteiger partial charge on any atom is -0.481 e. The number of carboxylic acids is 1. The number of aromatic nitrogens is 7. The number of unbranched alkanes of at least 4 members (excludes halogenated alkanes) is 1. The summed E-state index contributed by atoms with van der Waals surface area (Å²) >= 11 is 6.66. The van der Waals surface area contributed by atoms with Crippen molar-refractivity contribution >= 4 is 74.0 Å². The topological polar surface area (TPSA) is 322 Å². The number of pyridine rings is 7. The molecule has 1 aliphatic heterocycles. The molecule has 0 amide bonds. The Balaban J connectivity index is 0.000000221. The molecule has 14 rings (SSSR count). The van der Waals surface area contributed by atoms with Gasteiger partial charge in [0, 0.05) is 124 Å². The zero-order chi connectivity index (χ0) is 77.0. The van der Waals surface area contributed by atoms with Gasteiger partial charge < -0.3 is 20.7 Å². The van der Waals surface area contributed by atoms with Crippen molar-refractivity contribution in [2.75, 3.05) is 36.7 Å². The largest absolute Gasteiger partial charge is 0.481 e. The first-order valence-electron chi connectivity index (χ1n) is 37.9. The highest BCUT2D eigenvalue weighted by molar-refractivity contribution is 9.09. The van der Waals surface area contributed by atoms with Crippen molar-refractivity contribution in [3.63, 3.8) is 0 Å². The number of ether oxygens (including phenoxy) is 1. The van der Waals surface area contributed by atoms with Crippen LogP contribution in [-0.2, 0) is 62.7 Å². The number of nitriles is 3. The van der Waals surface area contributed by atoms with Gasteiger partial charge in [0.1, 0.15) is 13.3 Å². The molecule has 0 bridgehead atoms. The van der Waals surface area contributed by atoms with Crippen molar-refractivity contribution in [1.29, 1.82) is 21.2 Å². The third kappa shape index (κ3) is 29.1. The fourth-order valence-electron chi connectivity index (χ4n) is 15.3. The van der Waals surface area contributed by atoms with Gasteiger partial charge in [-0.3, -0.25) is 49.3 Å². The molecule has 7 aromatic rings. The lowest BCUT2D eigenvalue weighted by molar-refractivity contribution is -0.143. The van der Waals surface area contributed by atoms with Gasteiger partial charge in [-0.2, -0.15) is 24.2 Å². The molecule has 19 nitrogen and oxygen atoms in total. The van der Waals surface area contributed by atoms with Crippen LogP contribution in [0.15, 0.2) is 171 Å². The van der Waals surface area contributed by atoms with E-state index in [0.29, 0.717) is 25.0 Å². The van der Waals surface area contributed by atoms with Crippen LogP contribution in [0.3, 0.4) is 0 Å². The monoisotopic (exact) mass is 1630 g/mol. The number of amidine groups is 1. The number of halogens is 3. The van der Waals surface area contributed by atoms with Crippen molar-refractivity contribution in [1.82, 2.24) is 34.9 Å². The van der Waals surface area contributed by atoms with E-state index >= 15 is 0 Å². The number of hydrogen-bond donors (Lipinski definition) is 4. The maximum atomic E-state index is 11.3. The number of aliphatic hydroxyl groups is 1. The van der Waals surface area contributed by atoms with Crippen LogP contribution in [0.25, 0.3) is 0 Å². The van der Waals surface area contributed by atoms with E-state index in [4.69, 9.17) is 38.4 Å². The molecule has 5 N–H and O–H groups in total. The average molecular weight is 1640 g/mol. The van der Waals surface area contributed by atoms with Gasteiger partial charge in [0.15, 0.2) is 0 Å². The van der Waals surface area contributed by atoms with Gasteiger partial charge in [-0.15, -0.1) is 12.4 Å². The second-order valence-corrected chi connectivity index (χ2v) is 31.9. The molecular formula is C84H110BBr2ClN12O7S. The third-order valence-corrected chi connectivity index (χ3v) is 22.9. The molecule has 7 fully saturated rings. The SMILES string of the molecule is BrCCCCBr.CS(=O)(=O)OCC1(c2ccccn2)CCCC1.Cl.N#CC1(c2ccccn2)CCCC1.N#CCC1(c2ccccn2)CCCC1.N#CCc1ccccn1.N=C(N)CC1(c2ccccn2)CCCC1.O=C(O)C1(c2ccccn2)CCCC1.OCC1(c2ccccn2)CCCC1.[B]C1CCCO1. The number of hydrogen-bond acceptors (Lipinski definition) is 17. The quantitative estimate of drug-likeness (QED) is 0.0155. The van der Waals surface area contributed by atoms with E-state index in [1.165, 1.54) is 51.4 Å². The molecule has 1 unspecified atom stereocenters. The maximum absolute atomic E-state index is 11.3. The molecular weight excluding hydrogens is 1530 g/mol. The van der Waals surface area contributed by atoms with Crippen LogP contribution in [0.1, 0.15) is 232 Å². The smallest absolute Gasteiger partial charge is 0.315 e. The Kier molecular flexibility index (Phi) is 41.4. The summed E-state index contributed by atoms with van der Waals surface area (Å²) in [6.07, 6.45) is 45.6. The van der Waals surface area contributed by atoms with Gasteiger partial charge in [0.25, 0.3) is 10.1 Å². The molecule has 6 aliphatic carbocycles. The summed E-state index contributed by atoms with van der Waals surface area (Å²) < 4.78 is 32.2. The normalized spacial score (nSPS) is 18.6. The first-order chi connectivity index (χ1) is 51.9. The fourth-order valence-corrected chi connectivity index (χ4v) is 16.5. The van der Waals surface area contributed by atoms with Crippen LogP contribution in [0.2, 0.25) is 0 Å². The summed E-state index contributed by atoms with van der Waals surface area (Å²) in [7, 11) is 1.93. The molecule has 0 aromatic carbocycles. The van der Waals surface area contributed by atoms with Gasteiger partial charge >= 0.3 is 5.97 Å². The molecule has 8 heterocycles. The lowest BCUT2D eigenvalue weighted by atomic mass is 9.79. The molecule has 7 aliphatic rings. The molecule has 1 saturated heterocycles. The highest BCUT2D eigenvalue weighted by atomic mass is 79.9. The zero-order valence-corrected chi connectivity index (χ0v) is 67.6. The standard InChI is InChI=1S/C12H17N3.C12H14N2.C12H17NO3S.C11H12N2.C11H13NO2.C11H15NO.C7H6N2.C4H7BO.C4H8Br2.ClH/c13-11(14)9-12(6-2-3-7-12)10-5-1-4-8-15-10;13-9-8-12(6-2-3-7-12)11-5-1-4-10-14-11;1-17(14,15)16-10-12(7-3-4-8-12)11-6-2-5-9-13-11;12-9-11(6-2-3-7-11)10-5-1-4-8-13-10;13-10(14)11(6-2-3-7-11)9-5-1-4-8-12-9;13-9-11(6-2-3-7-11)10-5-1-4-8-12-10;8-5-4-7-3-1-2-6-9-7;5-4-2-1-3-6-4;5-3-1-2-4-6;/h1,4-5,8H,2-3,6-7,9H2,(H3,13,14);1,4-5,10H,2-3,6-8H2;2,5-6,9H,3-4,7-8,10H2,1H3;1,4-5,8H,2-3,6-7H2;1,4-5,8H,2-3,6-7H2,(H,13,14);1,4-5,8,13H,2-3,6-7,9H2;1-3,6H,4H2;4H,1-3H2;1-4H2;1H.